The van der Waals surface area contributed by atoms with Gasteiger partial charge in [-0.05, 0) is 55.0 Å². The first-order chi connectivity index (χ1) is 13.0. The molecular weight excluding hydrogens is 351 g/mol. The van der Waals surface area contributed by atoms with Crippen molar-refractivity contribution in [3.05, 3.63) is 59.9 Å². The van der Waals surface area contributed by atoms with Gasteiger partial charge in [0.15, 0.2) is 5.78 Å². The van der Waals surface area contributed by atoms with Crippen LogP contribution < -0.4 is 10.2 Å². The molecule has 0 radical (unpaired) electrons. The van der Waals surface area contributed by atoms with Crippen LogP contribution in [0.15, 0.2) is 48.5 Å². The van der Waals surface area contributed by atoms with E-state index in [1.807, 2.05) is 0 Å². The standard InChI is InChI=1S/C20H19FN2O4/c21-15-6-4-14(5-7-15)18(24)2-1-3-19(25)22-16-8-10-17(11-9-16)23-12-13-27-20(23)26/h4-11H,1-3,12-13H2,(H,22,25). The Labute approximate surface area is 155 Å². The van der Waals surface area contributed by atoms with Crippen LogP contribution in [0.25, 0.3) is 0 Å². The number of nitrogens with one attached hydrogen (secondary N) is 1. The minimum Gasteiger partial charge on any atom is -0.447 e. The molecule has 6 nitrogen and oxygen atoms in total. The van der Waals surface area contributed by atoms with Crippen LogP contribution in [0.4, 0.5) is 20.6 Å². The highest BCUT2D eigenvalue weighted by Crippen LogP contribution is 2.21. The fourth-order valence-electron chi connectivity index (χ4n) is 2.77. The van der Waals surface area contributed by atoms with Gasteiger partial charge in [0.1, 0.15) is 12.4 Å². The molecule has 1 aliphatic rings. The fourth-order valence-corrected chi connectivity index (χ4v) is 2.77. The first kappa shape index (κ1) is 18.6. The van der Waals surface area contributed by atoms with E-state index < -0.39 is 5.82 Å². The van der Waals surface area contributed by atoms with Crippen molar-refractivity contribution < 1.29 is 23.5 Å². The van der Waals surface area contributed by atoms with Crippen LogP contribution >= 0.6 is 0 Å². The fraction of sp³-hybridized carbons (Fsp3) is 0.250. The lowest BCUT2D eigenvalue weighted by atomic mass is 10.1. The average Bonchev–Trinajstić information content (AvgIpc) is 3.09. The van der Waals surface area contributed by atoms with Crippen molar-refractivity contribution in [3.8, 4) is 0 Å². The van der Waals surface area contributed by atoms with Gasteiger partial charge in [-0.1, -0.05) is 0 Å². The summed E-state index contributed by atoms with van der Waals surface area (Å²) in [7, 11) is 0. The van der Waals surface area contributed by atoms with Gasteiger partial charge in [0.05, 0.1) is 6.54 Å². The number of hydrogen-bond acceptors (Lipinski definition) is 4. The first-order valence-electron chi connectivity index (χ1n) is 8.66. The molecule has 0 unspecified atom stereocenters. The third kappa shape index (κ3) is 4.91. The molecule has 3 rings (SSSR count). The van der Waals surface area contributed by atoms with Crippen LogP contribution in [0.2, 0.25) is 0 Å². The normalized spacial score (nSPS) is 13.4. The number of ether oxygens (including phenoxy) is 1. The summed E-state index contributed by atoms with van der Waals surface area (Å²) in [6.07, 6.45) is 0.444. The molecule has 0 spiro atoms. The third-order valence-corrected chi connectivity index (χ3v) is 4.20. The number of ketones is 1. The van der Waals surface area contributed by atoms with Crippen LogP contribution in [0, 0.1) is 5.82 Å². The summed E-state index contributed by atoms with van der Waals surface area (Å²) in [5.74, 6) is -0.710. The minimum absolute atomic E-state index is 0.121. The molecule has 1 N–H and O–H groups in total. The van der Waals surface area contributed by atoms with Crippen molar-refractivity contribution >= 4 is 29.2 Å². The van der Waals surface area contributed by atoms with E-state index in [0.717, 1.165) is 0 Å². The molecule has 0 saturated carbocycles. The number of benzene rings is 2. The number of carbonyl (C=O) groups excluding carboxylic acids is 3. The Balaban J connectivity index is 1.44. The summed E-state index contributed by atoms with van der Waals surface area (Å²) < 4.78 is 17.7. The summed E-state index contributed by atoms with van der Waals surface area (Å²) in [5.41, 5.74) is 1.76. The van der Waals surface area contributed by atoms with E-state index in [4.69, 9.17) is 4.74 Å². The summed E-state index contributed by atoms with van der Waals surface area (Å²) in [6.45, 7) is 0.876. The van der Waals surface area contributed by atoms with Gasteiger partial charge in [-0.15, -0.1) is 0 Å². The summed E-state index contributed by atoms with van der Waals surface area (Å²) in [6, 6.07) is 12.3. The number of rotatable bonds is 7. The van der Waals surface area contributed by atoms with Crippen molar-refractivity contribution in [1.82, 2.24) is 0 Å². The second-order valence-corrected chi connectivity index (χ2v) is 6.14. The number of Topliss-reactive ketones (excluding diaryl/α,β-unsaturated/α-hetero) is 1. The summed E-state index contributed by atoms with van der Waals surface area (Å²) >= 11 is 0. The lowest BCUT2D eigenvalue weighted by Crippen LogP contribution is -2.23. The van der Waals surface area contributed by atoms with Crippen LogP contribution in [0.5, 0.6) is 0 Å². The minimum atomic E-state index is -0.390. The van der Waals surface area contributed by atoms with Crippen molar-refractivity contribution in [2.75, 3.05) is 23.4 Å². The molecule has 0 atom stereocenters. The molecule has 0 bridgehead atoms. The maximum absolute atomic E-state index is 12.9. The van der Waals surface area contributed by atoms with Gasteiger partial charge in [-0.3, -0.25) is 14.5 Å². The van der Waals surface area contributed by atoms with Crippen LogP contribution in [-0.2, 0) is 9.53 Å². The zero-order valence-corrected chi connectivity index (χ0v) is 14.6. The van der Waals surface area contributed by atoms with E-state index in [9.17, 15) is 18.8 Å². The number of halogens is 1. The molecule has 0 aliphatic carbocycles. The molecule has 7 heteroatoms. The Bertz CT molecular complexity index is 834. The molecule has 2 aromatic rings. The second-order valence-electron chi connectivity index (χ2n) is 6.14. The molecule has 1 aliphatic heterocycles. The predicted molar refractivity (Wildman–Crippen MR) is 98.3 cm³/mol. The lowest BCUT2D eigenvalue weighted by Gasteiger charge is -2.13. The molecule has 1 heterocycles. The Hall–Kier alpha value is -3.22. The Morgan fingerprint density at radius 1 is 1.04 bits per heavy atom. The van der Waals surface area contributed by atoms with Gasteiger partial charge in [-0.25, -0.2) is 9.18 Å². The highest BCUT2D eigenvalue weighted by atomic mass is 19.1. The molecule has 140 valence electrons. The van der Waals surface area contributed by atoms with Crippen molar-refractivity contribution in [1.29, 1.82) is 0 Å². The van der Waals surface area contributed by atoms with Crippen LogP contribution in [0.1, 0.15) is 29.6 Å². The highest BCUT2D eigenvalue weighted by Gasteiger charge is 2.23. The SMILES string of the molecule is O=C(CCCC(=O)c1ccc(F)cc1)Nc1ccc(N2CCOC2=O)cc1. The molecule has 0 aromatic heterocycles. The highest BCUT2D eigenvalue weighted by molar-refractivity contribution is 5.97. The monoisotopic (exact) mass is 370 g/mol. The summed E-state index contributed by atoms with van der Waals surface area (Å²) in [5, 5.41) is 2.76. The number of carbonyl (C=O) groups is 3. The van der Waals surface area contributed by atoms with Crippen molar-refractivity contribution in [2.45, 2.75) is 19.3 Å². The van der Waals surface area contributed by atoms with E-state index in [1.54, 1.807) is 24.3 Å². The van der Waals surface area contributed by atoms with Crippen molar-refractivity contribution in [2.24, 2.45) is 0 Å². The van der Waals surface area contributed by atoms with Crippen LogP contribution in [-0.4, -0.2) is 30.9 Å². The third-order valence-electron chi connectivity index (χ3n) is 4.20. The van der Waals surface area contributed by atoms with Gasteiger partial charge in [-0.2, -0.15) is 0 Å². The van der Waals surface area contributed by atoms with E-state index in [-0.39, 0.29) is 30.6 Å². The largest absolute Gasteiger partial charge is 0.447 e. The second kappa shape index (κ2) is 8.44. The number of hydrogen-bond donors (Lipinski definition) is 1. The Kier molecular flexibility index (Phi) is 5.80. The number of amides is 2. The molecule has 1 saturated heterocycles. The maximum atomic E-state index is 12.9. The Morgan fingerprint density at radius 2 is 1.74 bits per heavy atom. The van der Waals surface area contributed by atoms with E-state index >= 15 is 0 Å². The predicted octanol–water partition coefficient (Wildman–Crippen LogP) is 3.77. The number of nitrogens with zero attached hydrogens (tertiary/aromatic N) is 1. The lowest BCUT2D eigenvalue weighted by molar-refractivity contribution is -0.116. The maximum Gasteiger partial charge on any atom is 0.414 e. The van der Waals surface area contributed by atoms with Gasteiger partial charge in [0.2, 0.25) is 5.91 Å². The van der Waals surface area contributed by atoms with Gasteiger partial charge in [0, 0.05) is 29.8 Å². The van der Waals surface area contributed by atoms with E-state index in [2.05, 4.69) is 5.32 Å². The Morgan fingerprint density at radius 3 is 2.37 bits per heavy atom. The molecule has 27 heavy (non-hydrogen) atoms. The van der Waals surface area contributed by atoms with Gasteiger partial charge in [0.25, 0.3) is 0 Å². The topological polar surface area (TPSA) is 75.7 Å². The summed E-state index contributed by atoms with van der Waals surface area (Å²) in [4.78, 5) is 37.0. The molecule has 1 fully saturated rings. The van der Waals surface area contributed by atoms with E-state index in [0.29, 0.717) is 36.5 Å². The van der Waals surface area contributed by atoms with Crippen molar-refractivity contribution in [3.63, 3.8) is 0 Å². The average molecular weight is 370 g/mol. The molecular formula is C20H19FN2O4. The van der Waals surface area contributed by atoms with E-state index in [1.165, 1.54) is 29.2 Å². The molecule has 2 amide bonds. The van der Waals surface area contributed by atoms with Crippen LogP contribution in [0.3, 0.4) is 0 Å². The zero-order chi connectivity index (χ0) is 19.2. The number of cyclic esters (lactones) is 1. The smallest absolute Gasteiger partial charge is 0.414 e. The zero-order valence-electron chi connectivity index (χ0n) is 14.6. The quantitative estimate of drug-likeness (QED) is 0.753. The van der Waals surface area contributed by atoms with Gasteiger partial charge < -0.3 is 10.1 Å². The molecule has 2 aromatic carbocycles. The number of anilines is 2. The first-order valence-corrected chi connectivity index (χ1v) is 8.66. The van der Waals surface area contributed by atoms with Gasteiger partial charge >= 0.3 is 6.09 Å².